The number of pyridine rings is 1. The van der Waals surface area contributed by atoms with E-state index in [0.717, 1.165) is 93.8 Å². The zero-order valence-electron chi connectivity index (χ0n) is 31.3. The number of rotatable bonds is 5. The monoisotopic (exact) mass is 739 g/mol. The zero-order valence-corrected chi connectivity index (χ0v) is 31.3. The van der Waals surface area contributed by atoms with Gasteiger partial charge in [-0.25, -0.2) is 15.0 Å². The molecule has 12 rings (SSSR count). The van der Waals surface area contributed by atoms with Crippen molar-refractivity contribution in [2.75, 3.05) is 0 Å². The van der Waals surface area contributed by atoms with E-state index in [4.69, 9.17) is 15.0 Å². The molecule has 5 heteroatoms. The average molecular weight is 740 g/mol. The van der Waals surface area contributed by atoms with Gasteiger partial charge in [0.05, 0.1) is 39.0 Å². The van der Waals surface area contributed by atoms with Crippen LogP contribution in [-0.2, 0) is 0 Å². The lowest BCUT2D eigenvalue weighted by Gasteiger charge is -2.15. The first-order valence-electron chi connectivity index (χ1n) is 19.6. The van der Waals surface area contributed by atoms with Crippen molar-refractivity contribution >= 4 is 60.2 Å². The van der Waals surface area contributed by atoms with Gasteiger partial charge in [-0.05, 0) is 51.9 Å². The topological polar surface area (TPSA) is 48.0 Å². The van der Waals surface area contributed by atoms with Crippen molar-refractivity contribution < 1.29 is 0 Å². The van der Waals surface area contributed by atoms with Crippen molar-refractivity contribution in [3.8, 4) is 50.7 Å². The summed E-state index contributed by atoms with van der Waals surface area (Å²) in [5.41, 5.74) is 14.5. The second-order valence-electron chi connectivity index (χ2n) is 14.8. The molecule has 0 unspecified atom stereocenters. The Morgan fingerprint density at radius 1 is 0.310 bits per heavy atom. The van der Waals surface area contributed by atoms with Gasteiger partial charge < -0.3 is 0 Å². The van der Waals surface area contributed by atoms with Crippen molar-refractivity contribution in [3.05, 3.63) is 200 Å². The van der Waals surface area contributed by atoms with E-state index in [9.17, 15) is 0 Å². The second-order valence-corrected chi connectivity index (χ2v) is 14.8. The van der Waals surface area contributed by atoms with E-state index in [1.54, 1.807) is 0 Å². The lowest BCUT2D eigenvalue weighted by atomic mass is 10.0. The van der Waals surface area contributed by atoms with E-state index in [-0.39, 0.29) is 0 Å². The number of hydrogen-bond donors (Lipinski definition) is 0. The predicted octanol–water partition coefficient (Wildman–Crippen LogP) is 13.3. The molecule has 270 valence electrons. The summed E-state index contributed by atoms with van der Waals surface area (Å²) in [6.45, 7) is 0. The molecule has 4 heterocycles. The first kappa shape index (κ1) is 32.4. The molecule has 0 amide bonds. The molecule has 0 aliphatic rings. The fourth-order valence-electron chi connectivity index (χ4n) is 8.80. The normalized spacial score (nSPS) is 11.8. The van der Waals surface area contributed by atoms with E-state index in [2.05, 4.69) is 209 Å². The largest absolute Gasteiger partial charge is 0.290 e. The van der Waals surface area contributed by atoms with Crippen LogP contribution < -0.4 is 0 Å². The van der Waals surface area contributed by atoms with Crippen LogP contribution in [0.15, 0.2) is 200 Å². The molecule has 0 fully saturated rings. The summed E-state index contributed by atoms with van der Waals surface area (Å²) in [5.74, 6) is 0.608. The number of hydrogen-bond acceptors (Lipinski definition) is 3. The molecule has 0 saturated heterocycles. The minimum atomic E-state index is 0.608. The molecule has 58 heavy (non-hydrogen) atoms. The van der Waals surface area contributed by atoms with Crippen molar-refractivity contribution in [1.82, 2.24) is 23.9 Å². The van der Waals surface area contributed by atoms with Gasteiger partial charge in [0.2, 0.25) is 5.95 Å². The minimum Gasteiger partial charge on any atom is -0.290 e. The van der Waals surface area contributed by atoms with Gasteiger partial charge >= 0.3 is 0 Å². The third-order valence-corrected chi connectivity index (χ3v) is 11.5. The van der Waals surface area contributed by atoms with Crippen LogP contribution in [-0.4, -0.2) is 23.9 Å². The van der Waals surface area contributed by atoms with Crippen LogP contribution in [0.5, 0.6) is 0 Å². The third kappa shape index (κ3) is 5.00. The highest BCUT2D eigenvalue weighted by molar-refractivity contribution is 6.24. The maximum absolute atomic E-state index is 5.47. The lowest BCUT2D eigenvalue weighted by Crippen LogP contribution is -2.05. The fraction of sp³-hybridized carbons (Fsp3) is 0. The summed E-state index contributed by atoms with van der Waals surface area (Å²) in [7, 11) is 0. The molecule has 0 bridgehead atoms. The first-order valence-corrected chi connectivity index (χ1v) is 19.6. The number of fused-ring (bicyclic) bond motifs is 12. The number of aromatic nitrogens is 5. The highest BCUT2D eigenvalue weighted by atomic mass is 15.2. The van der Waals surface area contributed by atoms with E-state index >= 15 is 0 Å². The zero-order chi connectivity index (χ0) is 38.2. The van der Waals surface area contributed by atoms with Gasteiger partial charge in [-0.2, -0.15) is 0 Å². The van der Waals surface area contributed by atoms with Gasteiger partial charge in [0.1, 0.15) is 5.65 Å². The molecule has 0 N–H and O–H groups in total. The Morgan fingerprint density at radius 3 is 1.40 bits per heavy atom. The van der Waals surface area contributed by atoms with Crippen molar-refractivity contribution in [2.24, 2.45) is 0 Å². The maximum Gasteiger partial charge on any atom is 0.235 e. The van der Waals surface area contributed by atoms with Crippen molar-refractivity contribution in [3.63, 3.8) is 0 Å². The Hall–Kier alpha value is -7.89. The van der Waals surface area contributed by atoms with Crippen molar-refractivity contribution in [1.29, 1.82) is 0 Å². The highest BCUT2D eigenvalue weighted by Gasteiger charge is 2.23. The third-order valence-electron chi connectivity index (χ3n) is 11.5. The quantitative estimate of drug-likeness (QED) is 0.165. The number of imidazole rings is 1. The van der Waals surface area contributed by atoms with Crippen molar-refractivity contribution in [2.45, 2.75) is 0 Å². The molecule has 0 radical (unpaired) electrons. The molecule has 12 aromatic rings. The van der Waals surface area contributed by atoms with Crippen LogP contribution in [0, 0.1) is 0 Å². The van der Waals surface area contributed by atoms with Gasteiger partial charge in [-0.15, -0.1) is 0 Å². The van der Waals surface area contributed by atoms with Gasteiger partial charge in [0.15, 0.2) is 0 Å². The Kier molecular flexibility index (Phi) is 7.16. The van der Waals surface area contributed by atoms with Crippen LogP contribution in [0.4, 0.5) is 0 Å². The van der Waals surface area contributed by atoms with E-state index in [0.29, 0.717) is 5.95 Å². The van der Waals surface area contributed by atoms with E-state index in [1.165, 1.54) is 11.1 Å². The molecular formula is C53H33N5. The molecule has 8 aromatic carbocycles. The summed E-state index contributed by atoms with van der Waals surface area (Å²) in [4.78, 5) is 16.2. The SMILES string of the molecule is c1ccc(-c2ccc(-c3cc(-c4ccc(-c5ccccc5)cc4)nc(-n4c5ccccc5c5ccc6c7ccccc7c7nc8ccccc8n7c6c54)n3)cc2)cc1. The van der Waals surface area contributed by atoms with Crippen LogP contribution in [0.1, 0.15) is 0 Å². The lowest BCUT2D eigenvalue weighted by molar-refractivity contribution is 0.996. The first-order chi connectivity index (χ1) is 28.8. The average Bonchev–Trinajstić information content (AvgIpc) is 3.86. The maximum atomic E-state index is 5.47. The van der Waals surface area contributed by atoms with Gasteiger partial charge in [-0.1, -0.05) is 176 Å². The summed E-state index contributed by atoms with van der Waals surface area (Å²) >= 11 is 0. The minimum absolute atomic E-state index is 0.608. The van der Waals surface area contributed by atoms with Crippen LogP contribution >= 0.6 is 0 Å². The fourth-order valence-corrected chi connectivity index (χ4v) is 8.80. The molecule has 0 aliphatic carbocycles. The Labute approximate surface area is 333 Å². The molecule has 4 aromatic heterocycles. The molecular weight excluding hydrogens is 707 g/mol. The van der Waals surface area contributed by atoms with Gasteiger partial charge in [0.25, 0.3) is 0 Å². The second kappa shape index (κ2) is 12.8. The predicted molar refractivity (Wildman–Crippen MR) is 239 cm³/mol. The smallest absolute Gasteiger partial charge is 0.235 e. The Morgan fingerprint density at radius 2 is 0.776 bits per heavy atom. The molecule has 0 atom stereocenters. The number of para-hydroxylation sites is 3. The van der Waals surface area contributed by atoms with Gasteiger partial charge in [-0.3, -0.25) is 8.97 Å². The summed E-state index contributed by atoms with van der Waals surface area (Å²) in [6, 6.07) is 70.7. The molecule has 0 saturated carbocycles. The summed E-state index contributed by atoms with van der Waals surface area (Å²) in [5, 5.41) is 5.69. The summed E-state index contributed by atoms with van der Waals surface area (Å²) in [6.07, 6.45) is 0. The van der Waals surface area contributed by atoms with Crippen LogP contribution in [0.3, 0.4) is 0 Å². The highest BCUT2D eigenvalue weighted by Crippen LogP contribution is 2.41. The number of nitrogens with zero attached hydrogens (tertiary/aromatic N) is 5. The van der Waals surface area contributed by atoms with Crippen LogP contribution in [0.2, 0.25) is 0 Å². The molecule has 5 nitrogen and oxygen atoms in total. The number of benzene rings is 8. The standard InChI is InChI=1S/C53H33N5/c1-3-13-34(14-4-1)36-23-27-38(28-24-36)46-33-47(39-29-25-37(26-30-39)35-15-5-2-6-16-35)56-53(55-46)58-48-21-11-9-18-41(48)43-32-31-42-40-17-7-8-19-44(40)52-54-45-20-10-12-22-49(45)57(52)50(42)51(43)58/h1-33H. The van der Waals surface area contributed by atoms with E-state index < -0.39 is 0 Å². The molecule has 0 aliphatic heterocycles. The van der Waals surface area contributed by atoms with Crippen LogP contribution in [0.25, 0.3) is 111 Å². The Balaban J connectivity index is 1.17. The van der Waals surface area contributed by atoms with E-state index in [1.807, 2.05) is 0 Å². The Bertz CT molecular complexity index is 3430. The van der Waals surface area contributed by atoms with Gasteiger partial charge in [0, 0.05) is 32.7 Å². The summed E-state index contributed by atoms with van der Waals surface area (Å²) < 4.78 is 4.62. The molecule has 0 spiro atoms.